The third-order valence-electron chi connectivity index (χ3n) is 3.60. The van der Waals surface area contributed by atoms with Gasteiger partial charge in [-0.2, -0.15) is 21.2 Å². The van der Waals surface area contributed by atoms with Crippen LogP contribution in [0, 0.1) is 13.8 Å². The zero-order valence-corrected chi connectivity index (χ0v) is 15.2. The van der Waals surface area contributed by atoms with Crippen LogP contribution in [0.15, 0.2) is 4.90 Å². The Balaban J connectivity index is 2.40. The fourth-order valence-corrected chi connectivity index (χ4v) is 6.47. The molecular formula is C13H22ClN3O2S2. The third-order valence-corrected chi connectivity index (χ3v) is 7.08. The number of hydrogen-bond acceptors (Lipinski definition) is 4. The highest BCUT2D eigenvalue weighted by atomic mass is 35.5. The summed E-state index contributed by atoms with van der Waals surface area (Å²) >= 11 is 7.58. The predicted molar refractivity (Wildman–Crippen MR) is 87.7 cm³/mol. The molecule has 1 aromatic heterocycles. The van der Waals surface area contributed by atoms with Crippen LogP contribution in [0.4, 0.5) is 0 Å². The number of sulfonamides is 1. The van der Waals surface area contributed by atoms with E-state index in [1.807, 2.05) is 11.8 Å². The topological polar surface area (TPSA) is 55.2 Å². The van der Waals surface area contributed by atoms with Gasteiger partial charge >= 0.3 is 0 Å². The van der Waals surface area contributed by atoms with E-state index in [9.17, 15) is 8.42 Å². The summed E-state index contributed by atoms with van der Waals surface area (Å²) in [5.41, 5.74) is 1.22. The monoisotopic (exact) mass is 351 g/mol. The summed E-state index contributed by atoms with van der Waals surface area (Å²) < 4.78 is 29.2. The molecule has 0 saturated carbocycles. The van der Waals surface area contributed by atoms with Gasteiger partial charge < -0.3 is 0 Å². The molecule has 0 aromatic carbocycles. The summed E-state index contributed by atoms with van der Waals surface area (Å²) in [6.45, 7) is 9.31. The highest BCUT2D eigenvalue weighted by molar-refractivity contribution is 8.00. The maximum absolute atomic E-state index is 13.0. The van der Waals surface area contributed by atoms with Crippen LogP contribution in [0.1, 0.15) is 25.2 Å². The largest absolute Gasteiger partial charge is 0.267 e. The van der Waals surface area contributed by atoms with Crippen LogP contribution < -0.4 is 0 Å². The second kappa shape index (κ2) is 6.48. The average molecular weight is 352 g/mol. The molecule has 120 valence electrons. The molecule has 0 aliphatic carbocycles. The fourth-order valence-electron chi connectivity index (χ4n) is 2.81. The van der Waals surface area contributed by atoms with E-state index in [1.54, 1.807) is 22.8 Å². The van der Waals surface area contributed by atoms with Crippen LogP contribution in [-0.4, -0.2) is 52.0 Å². The molecule has 2 rings (SSSR count). The first kappa shape index (κ1) is 17.1. The Morgan fingerprint density at radius 2 is 1.86 bits per heavy atom. The number of aromatic nitrogens is 2. The summed E-state index contributed by atoms with van der Waals surface area (Å²) in [5, 5.41) is 4.94. The van der Waals surface area contributed by atoms with E-state index in [0.717, 1.165) is 0 Å². The van der Waals surface area contributed by atoms with Crippen molar-refractivity contribution >= 4 is 33.4 Å². The maximum Gasteiger partial charge on any atom is 0.246 e. The number of aryl methyl sites for hydroxylation is 2. The van der Waals surface area contributed by atoms with Gasteiger partial charge in [0.15, 0.2) is 0 Å². The molecule has 1 aliphatic heterocycles. The molecule has 2 atom stereocenters. The second-order valence-electron chi connectivity index (χ2n) is 5.49. The Labute approximate surface area is 136 Å². The van der Waals surface area contributed by atoms with Crippen molar-refractivity contribution in [2.75, 3.05) is 19.0 Å². The molecule has 21 heavy (non-hydrogen) atoms. The summed E-state index contributed by atoms with van der Waals surface area (Å²) in [5.74, 6) is 0.413. The predicted octanol–water partition coefficient (Wildman–Crippen LogP) is 2.25. The average Bonchev–Trinajstić information content (AvgIpc) is 2.64. The lowest BCUT2D eigenvalue weighted by Gasteiger charge is -2.33. The van der Waals surface area contributed by atoms with Gasteiger partial charge in [-0.15, -0.1) is 11.6 Å². The first-order valence-corrected chi connectivity index (χ1v) is 9.94. The molecule has 1 saturated heterocycles. The van der Waals surface area contributed by atoms with Gasteiger partial charge in [-0.05, 0) is 13.8 Å². The third kappa shape index (κ3) is 3.41. The van der Waals surface area contributed by atoms with E-state index in [2.05, 4.69) is 18.9 Å². The summed E-state index contributed by atoms with van der Waals surface area (Å²) in [4.78, 5) is 0.346. The summed E-state index contributed by atoms with van der Waals surface area (Å²) in [6.07, 6.45) is 0. The lowest BCUT2D eigenvalue weighted by molar-refractivity contribution is 0.404. The Kier molecular flexibility index (Phi) is 5.28. The normalized spacial score (nSPS) is 24.4. The van der Waals surface area contributed by atoms with E-state index in [-0.39, 0.29) is 0 Å². The van der Waals surface area contributed by atoms with Crippen LogP contribution in [-0.2, 0) is 16.6 Å². The number of alkyl halides is 1. The first-order valence-electron chi connectivity index (χ1n) is 7.03. The minimum absolute atomic E-state index is 0.307. The van der Waals surface area contributed by atoms with Crippen molar-refractivity contribution in [2.24, 2.45) is 0 Å². The molecule has 0 amide bonds. The van der Waals surface area contributed by atoms with Gasteiger partial charge in [0, 0.05) is 29.5 Å². The molecule has 5 nitrogen and oxygen atoms in total. The van der Waals surface area contributed by atoms with Crippen molar-refractivity contribution in [3.63, 3.8) is 0 Å². The van der Waals surface area contributed by atoms with Crippen LogP contribution in [0.2, 0.25) is 0 Å². The van der Waals surface area contributed by atoms with Gasteiger partial charge in [0.2, 0.25) is 10.0 Å². The minimum Gasteiger partial charge on any atom is -0.267 e. The van der Waals surface area contributed by atoms with E-state index in [1.165, 1.54) is 0 Å². The molecule has 8 heteroatoms. The molecule has 2 unspecified atom stereocenters. The second-order valence-corrected chi connectivity index (χ2v) is 9.63. The Bertz CT molecular complexity index is 605. The SMILES string of the molecule is Cc1nn(CCCl)c(C)c1S(=O)(=O)N1CC(C)SC(C)C1. The lowest BCUT2D eigenvalue weighted by Crippen LogP contribution is -2.44. The van der Waals surface area contributed by atoms with E-state index < -0.39 is 10.0 Å². The Morgan fingerprint density at radius 1 is 1.29 bits per heavy atom. The number of rotatable bonds is 4. The summed E-state index contributed by atoms with van der Waals surface area (Å²) in [7, 11) is -3.49. The van der Waals surface area contributed by atoms with Crippen LogP contribution >= 0.6 is 23.4 Å². The lowest BCUT2D eigenvalue weighted by atomic mass is 10.4. The van der Waals surface area contributed by atoms with Crippen molar-refractivity contribution < 1.29 is 8.42 Å². The number of hydrogen-bond donors (Lipinski definition) is 0. The smallest absolute Gasteiger partial charge is 0.246 e. The number of nitrogens with zero attached hydrogens (tertiary/aromatic N) is 3. The summed E-state index contributed by atoms with van der Waals surface area (Å²) in [6, 6.07) is 0. The van der Waals surface area contributed by atoms with Gasteiger partial charge in [-0.1, -0.05) is 13.8 Å². The Morgan fingerprint density at radius 3 is 2.38 bits per heavy atom. The van der Waals surface area contributed by atoms with Crippen molar-refractivity contribution in [1.82, 2.24) is 14.1 Å². The highest BCUT2D eigenvalue weighted by Gasteiger charge is 2.35. The molecule has 0 N–H and O–H groups in total. The number of thioether (sulfide) groups is 1. The standard InChI is InChI=1S/C13H22ClN3O2S2/c1-9-7-16(8-10(2)20-9)21(18,19)13-11(3)15-17(6-5-14)12(13)4/h9-10H,5-8H2,1-4H3. The molecule has 0 bridgehead atoms. The zero-order chi connectivity index (χ0) is 15.8. The van der Waals surface area contributed by atoms with Gasteiger partial charge in [0.25, 0.3) is 0 Å². The van der Waals surface area contributed by atoms with Crippen molar-refractivity contribution in [3.8, 4) is 0 Å². The van der Waals surface area contributed by atoms with Crippen LogP contribution in [0.5, 0.6) is 0 Å². The fraction of sp³-hybridized carbons (Fsp3) is 0.769. The van der Waals surface area contributed by atoms with Gasteiger partial charge in [-0.3, -0.25) is 4.68 Å². The molecule has 1 fully saturated rings. The van der Waals surface area contributed by atoms with E-state index >= 15 is 0 Å². The molecule has 2 heterocycles. The molecule has 0 spiro atoms. The van der Waals surface area contributed by atoms with Crippen molar-refractivity contribution in [3.05, 3.63) is 11.4 Å². The Hall–Kier alpha value is -0.240. The first-order chi connectivity index (χ1) is 9.77. The minimum atomic E-state index is -3.49. The highest BCUT2D eigenvalue weighted by Crippen LogP contribution is 2.31. The number of halogens is 1. The van der Waals surface area contributed by atoms with Gasteiger partial charge in [0.1, 0.15) is 4.90 Å². The van der Waals surface area contributed by atoms with Crippen LogP contribution in [0.25, 0.3) is 0 Å². The molecule has 1 aromatic rings. The quantitative estimate of drug-likeness (QED) is 0.781. The van der Waals surface area contributed by atoms with Gasteiger partial charge in [-0.25, -0.2) is 8.42 Å². The van der Waals surface area contributed by atoms with Crippen LogP contribution in [0.3, 0.4) is 0 Å². The van der Waals surface area contributed by atoms with E-state index in [4.69, 9.17) is 11.6 Å². The van der Waals surface area contributed by atoms with Crippen molar-refractivity contribution in [1.29, 1.82) is 0 Å². The molecule has 1 aliphatic rings. The van der Waals surface area contributed by atoms with Gasteiger partial charge in [0.05, 0.1) is 17.9 Å². The van der Waals surface area contributed by atoms with Crippen molar-refractivity contribution in [2.45, 2.75) is 49.6 Å². The molecular weight excluding hydrogens is 330 g/mol. The maximum atomic E-state index is 13.0. The van der Waals surface area contributed by atoms with E-state index in [0.29, 0.717) is 52.3 Å². The molecule has 0 radical (unpaired) electrons. The zero-order valence-electron chi connectivity index (χ0n) is 12.8.